The first-order chi connectivity index (χ1) is 4.34. The van der Waals surface area contributed by atoms with Crippen LogP contribution in [-0.2, 0) is 4.74 Å². The maximum absolute atomic E-state index is 10.5. The lowest BCUT2D eigenvalue weighted by Gasteiger charge is -1.88. The number of nitrogens with zero attached hydrogens (tertiary/aromatic N) is 1. The second-order valence-electron chi connectivity index (χ2n) is 1.27. The third-order valence-electron chi connectivity index (χ3n) is 0.738. The summed E-state index contributed by atoms with van der Waals surface area (Å²) in [5.41, 5.74) is 0. The molecule has 0 bridgehead atoms. The minimum absolute atomic E-state index is 0.338. The molecule has 0 saturated carbocycles. The molecule has 1 aromatic rings. The van der Waals surface area contributed by atoms with Gasteiger partial charge in [-0.2, -0.15) is 0 Å². The smallest absolute Gasteiger partial charge is 0.367 e. The van der Waals surface area contributed by atoms with Gasteiger partial charge in [0, 0.05) is 11.6 Å². The summed E-state index contributed by atoms with van der Waals surface area (Å²) < 4.78 is 4.15. The van der Waals surface area contributed by atoms with Crippen LogP contribution in [0.5, 0.6) is 0 Å². The van der Waals surface area contributed by atoms with Crippen molar-refractivity contribution in [3.05, 3.63) is 23.7 Å². The fourth-order valence-electron chi connectivity index (χ4n) is 0.386. The molecule has 0 N–H and O–H groups in total. The van der Waals surface area contributed by atoms with Crippen molar-refractivity contribution >= 4 is 17.3 Å². The molecule has 0 unspecified atom stereocenters. The van der Waals surface area contributed by atoms with Gasteiger partial charge >= 0.3 is 5.97 Å². The summed E-state index contributed by atoms with van der Waals surface area (Å²) >= 11 is 1.23. The Balaban J connectivity index is 2.77. The summed E-state index contributed by atoms with van der Waals surface area (Å²) in [6, 6.07) is 0. The van der Waals surface area contributed by atoms with Gasteiger partial charge in [-0.25, -0.2) is 9.78 Å². The highest BCUT2D eigenvalue weighted by atomic mass is 32.1. The average molecular weight is 142 g/mol. The number of carbonyl (C=O) groups is 1. The van der Waals surface area contributed by atoms with Gasteiger partial charge in [0.15, 0.2) is 0 Å². The van der Waals surface area contributed by atoms with Crippen LogP contribution in [-0.4, -0.2) is 11.0 Å². The van der Waals surface area contributed by atoms with Crippen molar-refractivity contribution in [1.29, 1.82) is 0 Å². The zero-order valence-corrected chi connectivity index (χ0v) is 5.35. The second kappa shape index (κ2) is 2.59. The first kappa shape index (κ1) is 6.22. The van der Waals surface area contributed by atoms with Crippen LogP contribution in [0.4, 0.5) is 0 Å². The molecule has 0 atom stereocenters. The van der Waals surface area contributed by atoms with Gasteiger partial charge in [0.05, 0.1) is 0 Å². The van der Waals surface area contributed by atoms with Crippen molar-refractivity contribution in [2.45, 2.75) is 0 Å². The first-order valence-corrected chi connectivity index (χ1v) is 3.08. The second-order valence-corrected chi connectivity index (χ2v) is 2.16. The van der Waals surface area contributed by atoms with E-state index in [1.165, 1.54) is 17.5 Å². The van der Waals surface area contributed by atoms with Crippen molar-refractivity contribution in [3.8, 4) is 0 Å². The van der Waals surface area contributed by atoms with Gasteiger partial charge in [-0.15, -0.1) is 11.3 Å². The van der Waals surface area contributed by atoms with E-state index in [0.717, 1.165) is 0 Å². The predicted octanol–water partition coefficient (Wildman–Crippen LogP) is 1.09. The molecule has 0 aliphatic heterocycles. The summed E-state index contributed by atoms with van der Waals surface area (Å²) in [5, 5.41) is 2.04. The Bertz CT molecular complexity index is 195. The highest BCUT2D eigenvalue weighted by Gasteiger charge is 2.05. The van der Waals surface area contributed by atoms with E-state index in [0.29, 0.717) is 5.01 Å². The van der Waals surface area contributed by atoms with Crippen LogP contribution in [0.15, 0.2) is 11.6 Å². The Kier molecular flexibility index (Phi) is 1.79. The minimum atomic E-state index is -0.481. The fourth-order valence-corrected chi connectivity index (χ4v) is 0.913. The molecule has 0 spiro atoms. The number of thiazole rings is 1. The molecule has 1 heterocycles. The fraction of sp³-hybridized carbons (Fsp3) is 0. The minimum Gasteiger partial charge on any atom is -0.457 e. The Morgan fingerprint density at radius 1 is 1.89 bits per heavy atom. The number of carbonyl (C=O) groups excluding carboxylic acids is 1. The molecular weight excluding hydrogens is 138 g/mol. The highest BCUT2D eigenvalue weighted by molar-refractivity contribution is 7.11. The molecule has 1 radical (unpaired) electrons. The highest BCUT2D eigenvalue weighted by Crippen LogP contribution is 2.04. The van der Waals surface area contributed by atoms with E-state index in [4.69, 9.17) is 0 Å². The zero-order valence-electron chi connectivity index (χ0n) is 4.53. The molecule has 9 heavy (non-hydrogen) atoms. The van der Waals surface area contributed by atoms with Crippen LogP contribution in [0.25, 0.3) is 0 Å². The van der Waals surface area contributed by atoms with E-state index in [1.54, 1.807) is 5.38 Å². The average Bonchev–Trinajstić information content (AvgIpc) is 2.37. The Hall–Kier alpha value is -0.900. The molecule has 1 rings (SSSR count). The number of rotatable bonds is 1. The zero-order chi connectivity index (χ0) is 6.69. The summed E-state index contributed by atoms with van der Waals surface area (Å²) in [4.78, 5) is 14.2. The molecule has 47 valence electrons. The Labute approximate surface area is 56.3 Å². The summed E-state index contributed by atoms with van der Waals surface area (Å²) in [6.07, 6.45) is 1.54. The first-order valence-electron chi connectivity index (χ1n) is 2.20. The van der Waals surface area contributed by atoms with Gasteiger partial charge in [-0.3, -0.25) is 0 Å². The maximum Gasteiger partial charge on any atom is 0.367 e. The number of esters is 1. The summed E-state index contributed by atoms with van der Waals surface area (Å²) in [7, 11) is 2.96. The number of hydrogen-bond acceptors (Lipinski definition) is 4. The Morgan fingerprint density at radius 2 is 2.67 bits per heavy atom. The van der Waals surface area contributed by atoms with E-state index in [-0.39, 0.29) is 0 Å². The van der Waals surface area contributed by atoms with Crippen LogP contribution < -0.4 is 0 Å². The topological polar surface area (TPSA) is 39.2 Å². The third-order valence-corrected chi connectivity index (χ3v) is 1.49. The van der Waals surface area contributed by atoms with E-state index in [1.807, 2.05) is 0 Å². The van der Waals surface area contributed by atoms with Crippen LogP contribution in [0.2, 0.25) is 0 Å². The number of ether oxygens (including phenoxy) is 1. The normalized spacial score (nSPS) is 9.00. The van der Waals surface area contributed by atoms with Gasteiger partial charge in [0.1, 0.15) is 7.11 Å². The van der Waals surface area contributed by atoms with E-state index >= 15 is 0 Å². The molecule has 4 heteroatoms. The SMILES string of the molecule is [CH2]OC(=O)c1nccs1. The Morgan fingerprint density at radius 3 is 3.11 bits per heavy atom. The lowest BCUT2D eigenvalue weighted by atomic mass is 10.7. The lowest BCUT2D eigenvalue weighted by molar-refractivity contribution is 0.0653. The van der Waals surface area contributed by atoms with E-state index < -0.39 is 5.97 Å². The lowest BCUT2D eigenvalue weighted by Crippen LogP contribution is -1.97. The molecule has 3 nitrogen and oxygen atoms in total. The quantitative estimate of drug-likeness (QED) is 0.551. The van der Waals surface area contributed by atoms with E-state index in [9.17, 15) is 4.79 Å². The summed E-state index contributed by atoms with van der Waals surface area (Å²) in [6.45, 7) is 0. The standard InChI is InChI=1S/C5H4NO2S/c1-8-5(7)4-6-2-3-9-4/h2-3H,1H2. The molecule has 0 aliphatic rings. The van der Waals surface area contributed by atoms with Crippen molar-refractivity contribution in [3.63, 3.8) is 0 Å². The molecule has 0 aromatic carbocycles. The van der Waals surface area contributed by atoms with Crippen LogP contribution in [0, 0.1) is 7.11 Å². The van der Waals surface area contributed by atoms with Gasteiger partial charge in [-0.1, -0.05) is 0 Å². The number of hydrogen-bond donors (Lipinski definition) is 0. The van der Waals surface area contributed by atoms with Crippen molar-refractivity contribution in [1.82, 2.24) is 4.98 Å². The third kappa shape index (κ3) is 1.26. The molecule has 0 aliphatic carbocycles. The van der Waals surface area contributed by atoms with Crippen molar-refractivity contribution in [2.24, 2.45) is 0 Å². The van der Waals surface area contributed by atoms with Gasteiger partial charge < -0.3 is 4.74 Å². The van der Waals surface area contributed by atoms with Crippen LogP contribution >= 0.6 is 11.3 Å². The van der Waals surface area contributed by atoms with Crippen LogP contribution in [0.1, 0.15) is 9.80 Å². The monoisotopic (exact) mass is 142 g/mol. The molecule has 0 amide bonds. The molecule has 0 fully saturated rings. The predicted molar refractivity (Wildman–Crippen MR) is 32.9 cm³/mol. The maximum atomic E-state index is 10.5. The van der Waals surface area contributed by atoms with E-state index in [2.05, 4.69) is 16.8 Å². The largest absolute Gasteiger partial charge is 0.457 e. The number of aromatic nitrogens is 1. The van der Waals surface area contributed by atoms with Crippen LogP contribution in [0.3, 0.4) is 0 Å². The summed E-state index contributed by atoms with van der Waals surface area (Å²) in [5.74, 6) is -0.481. The molecular formula is C5H4NO2S. The molecule has 0 saturated heterocycles. The van der Waals surface area contributed by atoms with Gasteiger partial charge in [-0.05, 0) is 0 Å². The van der Waals surface area contributed by atoms with Gasteiger partial charge in [0.25, 0.3) is 0 Å². The van der Waals surface area contributed by atoms with Gasteiger partial charge in [0.2, 0.25) is 5.01 Å². The molecule has 1 aromatic heterocycles. The van der Waals surface area contributed by atoms with Crippen molar-refractivity contribution < 1.29 is 9.53 Å². The van der Waals surface area contributed by atoms with Crippen molar-refractivity contribution in [2.75, 3.05) is 0 Å².